The Labute approximate surface area is 199 Å². The summed E-state index contributed by atoms with van der Waals surface area (Å²) in [5.41, 5.74) is 1.00. The standard InChI is InChI=1S/C25H19N5O5/c1-29-21-13-12-18(30(34)35)15-19(21)22(25(29)33)27-28-24(32)20(14-16-8-4-2-5-9-16)26-23(31)17-10-6-3-7-11-17/h2-15,33H,1H3,(H,26,31)/b20-14-,28-27?. The average molecular weight is 469 g/mol. The van der Waals surface area contributed by atoms with E-state index in [1.807, 2.05) is 6.07 Å². The molecular weight excluding hydrogens is 450 g/mol. The molecule has 4 aromatic rings. The summed E-state index contributed by atoms with van der Waals surface area (Å²) < 4.78 is 1.37. The molecule has 1 heterocycles. The van der Waals surface area contributed by atoms with Crippen molar-refractivity contribution in [1.29, 1.82) is 0 Å². The normalized spacial score (nSPS) is 11.6. The van der Waals surface area contributed by atoms with Crippen LogP contribution in [0.5, 0.6) is 5.88 Å². The molecule has 2 N–H and O–H groups in total. The summed E-state index contributed by atoms with van der Waals surface area (Å²) in [5, 5.41) is 32.0. The third-order valence-electron chi connectivity index (χ3n) is 5.20. The number of carbonyl (C=O) groups excluding carboxylic acids is 2. The molecule has 0 spiro atoms. The topological polar surface area (TPSA) is 139 Å². The summed E-state index contributed by atoms with van der Waals surface area (Å²) in [6, 6.07) is 21.2. The highest BCUT2D eigenvalue weighted by atomic mass is 16.6. The van der Waals surface area contributed by atoms with Crippen LogP contribution in [0.2, 0.25) is 0 Å². The van der Waals surface area contributed by atoms with E-state index < -0.39 is 16.7 Å². The van der Waals surface area contributed by atoms with E-state index in [2.05, 4.69) is 15.5 Å². The first kappa shape index (κ1) is 23.1. The number of benzene rings is 3. The second kappa shape index (κ2) is 9.79. The molecule has 10 heteroatoms. The van der Waals surface area contributed by atoms with Gasteiger partial charge in [-0.15, -0.1) is 10.2 Å². The first-order valence-corrected chi connectivity index (χ1v) is 10.4. The Bertz CT molecular complexity index is 1490. The maximum Gasteiger partial charge on any atom is 0.311 e. The molecule has 0 unspecified atom stereocenters. The Balaban J connectivity index is 1.70. The quantitative estimate of drug-likeness (QED) is 0.179. The van der Waals surface area contributed by atoms with Crippen LogP contribution in [0.1, 0.15) is 15.9 Å². The highest BCUT2D eigenvalue weighted by molar-refractivity contribution is 6.05. The molecule has 2 amide bonds. The molecule has 0 radical (unpaired) electrons. The van der Waals surface area contributed by atoms with E-state index in [-0.39, 0.29) is 28.3 Å². The summed E-state index contributed by atoms with van der Waals surface area (Å²) >= 11 is 0. The first-order valence-electron chi connectivity index (χ1n) is 10.4. The van der Waals surface area contributed by atoms with Crippen molar-refractivity contribution in [2.24, 2.45) is 17.3 Å². The van der Waals surface area contributed by atoms with Gasteiger partial charge in [-0.2, -0.15) is 0 Å². The fourth-order valence-corrected chi connectivity index (χ4v) is 3.41. The Kier molecular flexibility index (Phi) is 6.45. The molecule has 35 heavy (non-hydrogen) atoms. The van der Waals surface area contributed by atoms with Gasteiger partial charge in [0.2, 0.25) is 5.88 Å². The molecular formula is C25H19N5O5. The lowest BCUT2D eigenvalue weighted by atomic mass is 10.1. The minimum Gasteiger partial charge on any atom is -0.493 e. The lowest BCUT2D eigenvalue weighted by Crippen LogP contribution is -2.26. The molecule has 0 saturated carbocycles. The van der Waals surface area contributed by atoms with Crippen molar-refractivity contribution < 1.29 is 19.6 Å². The van der Waals surface area contributed by atoms with Crippen LogP contribution in [0.3, 0.4) is 0 Å². The van der Waals surface area contributed by atoms with Crippen LogP contribution in [0.15, 0.2) is 94.8 Å². The molecule has 0 bridgehead atoms. The predicted molar refractivity (Wildman–Crippen MR) is 129 cm³/mol. The van der Waals surface area contributed by atoms with Crippen LogP contribution in [0, 0.1) is 10.1 Å². The van der Waals surface area contributed by atoms with E-state index >= 15 is 0 Å². The number of amides is 2. The Morgan fingerprint density at radius 1 is 1.03 bits per heavy atom. The highest BCUT2D eigenvalue weighted by Crippen LogP contribution is 2.39. The largest absolute Gasteiger partial charge is 0.493 e. The zero-order valence-corrected chi connectivity index (χ0v) is 18.5. The Hall–Kier alpha value is -5.12. The number of azo groups is 1. The molecule has 174 valence electrons. The first-order chi connectivity index (χ1) is 16.8. The second-order valence-electron chi connectivity index (χ2n) is 7.48. The minimum absolute atomic E-state index is 0.104. The smallest absolute Gasteiger partial charge is 0.311 e. The number of hydrogen-bond donors (Lipinski definition) is 2. The van der Waals surface area contributed by atoms with Crippen molar-refractivity contribution >= 4 is 40.2 Å². The highest BCUT2D eigenvalue weighted by Gasteiger charge is 2.19. The van der Waals surface area contributed by atoms with Gasteiger partial charge in [-0.05, 0) is 29.8 Å². The third-order valence-corrected chi connectivity index (χ3v) is 5.20. The summed E-state index contributed by atoms with van der Waals surface area (Å²) in [4.78, 5) is 36.3. The van der Waals surface area contributed by atoms with Crippen molar-refractivity contribution in [2.45, 2.75) is 0 Å². The van der Waals surface area contributed by atoms with E-state index in [0.29, 0.717) is 16.6 Å². The average Bonchev–Trinajstić information content (AvgIpc) is 3.11. The molecule has 0 saturated heterocycles. The maximum atomic E-state index is 13.0. The van der Waals surface area contributed by atoms with Crippen LogP contribution >= 0.6 is 0 Å². The SMILES string of the molecule is Cn1c(O)c(N=NC(=O)/C(=C/c2ccccc2)NC(=O)c2ccccc2)c2cc([N+](=O)[O-])ccc21. The van der Waals surface area contributed by atoms with E-state index in [9.17, 15) is 24.8 Å². The van der Waals surface area contributed by atoms with Crippen molar-refractivity contribution in [3.8, 4) is 5.88 Å². The number of aryl methyl sites for hydroxylation is 1. The number of nitrogens with one attached hydrogen (secondary N) is 1. The Morgan fingerprint density at radius 2 is 1.69 bits per heavy atom. The Morgan fingerprint density at radius 3 is 2.34 bits per heavy atom. The lowest BCUT2D eigenvalue weighted by Gasteiger charge is -2.07. The van der Waals surface area contributed by atoms with Crippen molar-refractivity contribution in [3.05, 3.63) is 106 Å². The number of aromatic hydroxyl groups is 1. The van der Waals surface area contributed by atoms with Crippen molar-refractivity contribution in [2.75, 3.05) is 0 Å². The molecule has 1 aromatic heterocycles. The number of non-ortho nitro benzene ring substituents is 1. The van der Waals surface area contributed by atoms with Gasteiger partial charge in [0.1, 0.15) is 5.70 Å². The van der Waals surface area contributed by atoms with Gasteiger partial charge in [0.05, 0.1) is 10.4 Å². The zero-order chi connectivity index (χ0) is 24.9. The molecule has 10 nitrogen and oxygen atoms in total. The van der Waals surface area contributed by atoms with E-state index in [1.54, 1.807) is 61.6 Å². The second-order valence-corrected chi connectivity index (χ2v) is 7.48. The van der Waals surface area contributed by atoms with Crippen LogP contribution < -0.4 is 5.32 Å². The molecule has 3 aromatic carbocycles. The van der Waals surface area contributed by atoms with Crippen molar-refractivity contribution in [3.63, 3.8) is 0 Å². The number of nitrogens with zero attached hydrogens (tertiary/aromatic N) is 4. The lowest BCUT2D eigenvalue weighted by molar-refractivity contribution is -0.384. The summed E-state index contributed by atoms with van der Waals surface area (Å²) in [7, 11) is 1.55. The van der Waals surface area contributed by atoms with Gasteiger partial charge in [0, 0.05) is 30.1 Å². The van der Waals surface area contributed by atoms with Crippen LogP contribution in [-0.2, 0) is 11.8 Å². The number of rotatable bonds is 6. The van der Waals surface area contributed by atoms with Crippen LogP contribution in [-0.4, -0.2) is 26.4 Å². The van der Waals surface area contributed by atoms with E-state index in [1.165, 1.54) is 28.8 Å². The predicted octanol–water partition coefficient (Wildman–Crippen LogP) is 4.87. The van der Waals surface area contributed by atoms with E-state index in [0.717, 1.165) is 0 Å². The van der Waals surface area contributed by atoms with Gasteiger partial charge in [0.25, 0.3) is 11.6 Å². The van der Waals surface area contributed by atoms with Gasteiger partial charge in [-0.1, -0.05) is 48.5 Å². The molecule has 4 rings (SSSR count). The molecule has 0 aliphatic rings. The summed E-state index contributed by atoms with van der Waals surface area (Å²) in [6.07, 6.45) is 1.45. The van der Waals surface area contributed by atoms with Gasteiger partial charge in [-0.25, -0.2) is 0 Å². The van der Waals surface area contributed by atoms with E-state index in [4.69, 9.17) is 0 Å². The minimum atomic E-state index is -0.875. The number of nitro benzene ring substituents is 1. The number of nitro groups is 1. The van der Waals surface area contributed by atoms with Gasteiger partial charge in [-0.3, -0.25) is 19.7 Å². The fraction of sp³-hybridized carbons (Fsp3) is 0.0400. The maximum absolute atomic E-state index is 13.0. The zero-order valence-electron chi connectivity index (χ0n) is 18.5. The van der Waals surface area contributed by atoms with Crippen LogP contribution in [0.4, 0.5) is 11.4 Å². The third kappa shape index (κ3) is 4.96. The number of aromatic nitrogens is 1. The van der Waals surface area contributed by atoms with Crippen LogP contribution in [0.25, 0.3) is 17.0 Å². The number of fused-ring (bicyclic) bond motifs is 1. The monoisotopic (exact) mass is 469 g/mol. The fourth-order valence-electron chi connectivity index (χ4n) is 3.41. The van der Waals surface area contributed by atoms with Gasteiger partial charge in [0.15, 0.2) is 5.69 Å². The molecule has 0 atom stereocenters. The molecule has 0 aliphatic heterocycles. The summed E-state index contributed by atoms with van der Waals surface area (Å²) in [5.74, 6) is -1.71. The summed E-state index contributed by atoms with van der Waals surface area (Å²) in [6.45, 7) is 0. The number of carbonyl (C=O) groups is 2. The van der Waals surface area contributed by atoms with Gasteiger partial charge >= 0.3 is 5.91 Å². The number of hydrogen-bond acceptors (Lipinski definition) is 6. The molecule has 0 fully saturated rings. The van der Waals surface area contributed by atoms with Crippen molar-refractivity contribution in [1.82, 2.24) is 9.88 Å². The van der Waals surface area contributed by atoms with Gasteiger partial charge < -0.3 is 15.0 Å². The molecule has 0 aliphatic carbocycles.